The average Bonchev–Trinajstić information content (AvgIpc) is 2.55. The number of hydrogen-bond donors (Lipinski definition) is 1. The number of aromatic nitrogens is 1. The Balaban J connectivity index is 2.45. The molecule has 0 aliphatic heterocycles. The molecule has 11 heavy (non-hydrogen) atoms. The number of oxazole rings is 1. The second-order valence-corrected chi connectivity index (χ2v) is 2.99. The van der Waals surface area contributed by atoms with Gasteiger partial charge in [-0.1, -0.05) is 6.07 Å². The lowest BCUT2D eigenvalue weighted by Gasteiger charge is -1.84. The lowest BCUT2D eigenvalue weighted by atomic mass is 10.5. The van der Waals surface area contributed by atoms with Crippen molar-refractivity contribution in [3.8, 4) is 10.8 Å². The molecule has 3 nitrogen and oxygen atoms in total. The molecule has 56 valence electrons. The molecule has 2 aromatic rings. The van der Waals surface area contributed by atoms with Gasteiger partial charge >= 0.3 is 0 Å². The van der Waals surface area contributed by atoms with E-state index in [1.165, 1.54) is 6.20 Å². The lowest BCUT2D eigenvalue weighted by molar-refractivity contribution is 0.595. The van der Waals surface area contributed by atoms with Crippen molar-refractivity contribution in [1.82, 2.24) is 4.98 Å². The molecule has 2 aromatic heterocycles. The molecule has 0 bridgehead atoms. The highest BCUT2D eigenvalue weighted by atomic mass is 32.1. The van der Waals surface area contributed by atoms with E-state index in [1.807, 2.05) is 17.5 Å². The van der Waals surface area contributed by atoms with Crippen LogP contribution in [0.2, 0.25) is 0 Å². The van der Waals surface area contributed by atoms with Gasteiger partial charge in [-0.25, -0.2) is 4.98 Å². The van der Waals surface area contributed by atoms with Crippen LogP contribution in [-0.4, -0.2) is 4.98 Å². The van der Waals surface area contributed by atoms with Crippen molar-refractivity contribution in [2.45, 2.75) is 0 Å². The first-order chi connectivity index (χ1) is 5.36. The third-order valence-corrected chi connectivity index (χ3v) is 2.11. The normalized spacial score (nSPS) is 10.2. The average molecular weight is 166 g/mol. The third kappa shape index (κ3) is 1.12. The zero-order valence-corrected chi connectivity index (χ0v) is 6.47. The highest BCUT2D eigenvalue weighted by molar-refractivity contribution is 7.13. The van der Waals surface area contributed by atoms with Gasteiger partial charge in [0.1, 0.15) is 0 Å². The predicted octanol–water partition coefficient (Wildman–Crippen LogP) is 1.99. The van der Waals surface area contributed by atoms with Gasteiger partial charge in [0.05, 0.1) is 11.1 Å². The van der Waals surface area contributed by atoms with E-state index < -0.39 is 0 Å². The van der Waals surface area contributed by atoms with Crippen LogP contribution in [0.1, 0.15) is 0 Å². The molecule has 0 aromatic carbocycles. The Labute approximate surface area is 67.5 Å². The van der Waals surface area contributed by atoms with Gasteiger partial charge in [-0.15, -0.1) is 11.3 Å². The fourth-order valence-corrected chi connectivity index (χ4v) is 1.46. The van der Waals surface area contributed by atoms with Crippen LogP contribution in [0.25, 0.3) is 10.8 Å². The molecule has 0 unspecified atom stereocenters. The minimum Gasteiger partial charge on any atom is -0.420 e. The van der Waals surface area contributed by atoms with Crippen LogP contribution in [-0.2, 0) is 0 Å². The van der Waals surface area contributed by atoms with E-state index in [0.29, 0.717) is 11.8 Å². The Morgan fingerprint density at radius 3 is 3.00 bits per heavy atom. The Bertz CT molecular complexity index is 339. The Kier molecular flexibility index (Phi) is 1.40. The van der Waals surface area contributed by atoms with Crippen LogP contribution in [0.15, 0.2) is 28.1 Å². The molecular formula is C7H6N2OS. The zero-order chi connectivity index (χ0) is 7.68. The van der Waals surface area contributed by atoms with Gasteiger partial charge in [0.25, 0.3) is 0 Å². The molecule has 0 spiro atoms. The highest BCUT2D eigenvalue weighted by Gasteiger charge is 2.03. The van der Waals surface area contributed by atoms with Gasteiger partial charge in [0.2, 0.25) is 11.8 Å². The van der Waals surface area contributed by atoms with Crippen molar-refractivity contribution in [1.29, 1.82) is 0 Å². The topological polar surface area (TPSA) is 52.0 Å². The summed E-state index contributed by atoms with van der Waals surface area (Å²) < 4.78 is 5.10. The maximum absolute atomic E-state index is 5.36. The van der Waals surface area contributed by atoms with E-state index >= 15 is 0 Å². The van der Waals surface area contributed by atoms with Gasteiger partial charge in [0, 0.05) is 0 Å². The molecule has 4 heteroatoms. The van der Waals surface area contributed by atoms with Gasteiger partial charge in [-0.3, -0.25) is 0 Å². The van der Waals surface area contributed by atoms with Crippen molar-refractivity contribution in [3.63, 3.8) is 0 Å². The summed E-state index contributed by atoms with van der Waals surface area (Å²) in [5, 5.41) is 1.97. The molecule has 2 rings (SSSR count). The predicted molar refractivity (Wildman–Crippen MR) is 44.2 cm³/mol. The summed E-state index contributed by atoms with van der Waals surface area (Å²) in [5.41, 5.74) is 5.36. The van der Waals surface area contributed by atoms with E-state index in [9.17, 15) is 0 Å². The number of nitrogens with two attached hydrogens (primary N) is 1. The van der Waals surface area contributed by atoms with E-state index in [-0.39, 0.29) is 0 Å². The van der Waals surface area contributed by atoms with Crippen LogP contribution in [0.3, 0.4) is 0 Å². The number of rotatable bonds is 1. The van der Waals surface area contributed by atoms with Crippen LogP contribution in [0.4, 0.5) is 5.88 Å². The molecule has 0 saturated carbocycles. The minimum absolute atomic E-state index is 0.355. The molecule has 0 saturated heterocycles. The smallest absolute Gasteiger partial charge is 0.238 e. The summed E-state index contributed by atoms with van der Waals surface area (Å²) in [6, 6.07) is 3.89. The second kappa shape index (κ2) is 2.39. The summed E-state index contributed by atoms with van der Waals surface area (Å²) >= 11 is 1.58. The Morgan fingerprint density at radius 2 is 2.45 bits per heavy atom. The van der Waals surface area contributed by atoms with Crippen LogP contribution < -0.4 is 5.73 Å². The number of anilines is 1. The molecule has 0 atom stereocenters. The van der Waals surface area contributed by atoms with Gasteiger partial charge in [-0.05, 0) is 11.4 Å². The Morgan fingerprint density at radius 1 is 1.55 bits per heavy atom. The quantitative estimate of drug-likeness (QED) is 0.704. The van der Waals surface area contributed by atoms with Crippen LogP contribution in [0.5, 0.6) is 0 Å². The van der Waals surface area contributed by atoms with Crippen molar-refractivity contribution in [3.05, 3.63) is 23.7 Å². The molecular weight excluding hydrogens is 160 g/mol. The number of nitrogens with zero attached hydrogens (tertiary/aromatic N) is 1. The Hall–Kier alpha value is -1.29. The molecule has 0 fully saturated rings. The zero-order valence-electron chi connectivity index (χ0n) is 5.65. The van der Waals surface area contributed by atoms with Crippen LogP contribution >= 0.6 is 11.3 Å². The SMILES string of the molecule is Nc1cnc(-c2cccs2)o1. The van der Waals surface area contributed by atoms with Gasteiger partial charge < -0.3 is 10.2 Å². The van der Waals surface area contributed by atoms with Crippen molar-refractivity contribution in [2.75, 3.05) is 5.73 Å². The number of thiophene rings is 1. The minimum atomic E-state index is 0.355. The van der Waals surface area contributed by atoms with E-state index in [1.54, 1.807) is 11.3 Å². The van der Waals surface area contributed by atoms with E-state index in [0.717, 1.165) is 4.88 Å². The first-order valence-corrected chi connectivity index (χ1v) is 3.99. The van der Waals surface area contributed by atoms with Crippen LogP contribution in [0, 0.1) is 0 Å². The maximum atomic E-state index is 5.36. The second-order valence-electron chi connectivity index (χ2n) is 2.05. The summed E-state index contributed by atoms with van der Waals surface area (Å²) in [6.07, 6.45) is 1.51. The van der Waals surface area contributed by atoms with E-state index in [2.05, 4.69) is 4.98 Å². The maximum Gasteiger partial charge on any atom is 0.238 e. The first-order valence-electron chi connectivity index (χ1n) is 3.11. The molecule has 2 heterocycles. The van der Waals surface area contributed by atoms with Gasteiger partial charge in [0.15, 0.2) is 0 Å². The molecule has 0 aliphatic carbocycles. The monoisotopic (exact) mass is 166 g/mol. The standard InChI is InChI=1S/C7H6N2OS/c8-6-4-9-7(10-6)5-2-1-3-11-5/h1-4H,8H2. The van der Waals surface area contributed by atoms with Crippen molar-refractivity contribution in [2.24, 2.45) is 0 Å². The summed E-state index contributed by atoms with van der Waals surface area (Å²) in [7, 11) is 0. The van der Waals surface area contributed by atoms with Crippen molar-refractivity contribution < 1.29 is 4.42 Å². The highest BCUT2D eigenvalue weighted by Crippen LogP contribution is 2.24. The summed E-state index contributed by atoms with van der Waals surface area (Å²) in [5.74, 6) is 0.950. The first kappa shape index (κ1) is 6.42. The van der Waals surface area contributed by atoms with Gasteiger partial charge in [-0.2, -0.15) is 0 Å². The third-order valence-electron chi connectivity index (χ3n) is 1.26. The largest absolute Gasteiger partial charge is 0.420 e. The molecule has 0 amide bonds. The summed E-state index contributed by atoms with van der Waals surface area (Å²) in [6.45, 7) is 0. The number of hydrogen-bond acceptors (Lipinski definition) is 4. The molecule has 2 N–H and O–H groups in total. The summed E-state index contributed by atoms with van der Waals surface area (Å²) in [4.78, 5) is 4.98. The fraction of sp³-hybridized carbons (Fsp3) is 0. The van der Waals surface area contributed by atoms with E-state index in [4.69, 9.17) is 10.2 Å². The molecule has 0 radical (unpaired) electrons. The van der Waals surface area contributed by atoms with Crippen molar-refractivity contribution >= 4 is 17.2 Å². The fourth-order valence-electron chi connectivity index (χ4n) is 0.801. The number of nitrogen functional groups attached to an aromatic ring is 1. The lowest BCUT2D eigenvalue weighted by Crippen LogP contribution is -1.75. The molecule has 0 aliphatic rings.